The van der Waals surface area contributed by atoms with Crippen molar-refractivity contribution in [1.82, 2.24) is 14.5 Å². The Kier molecular flexibility index (Phi) is 3.55. The standard InChI is InChI=1S/C9H9N3O.C2H6/c1-6-9(13)12(2)8-7(11-6)4-3-5-10-8;1-2/h3-5H,1-2H3;1-2H3. The molecule has 0 spiro atoms. The van der Waals surface area contributed by atoms with E-state index >= 15 is 0 Å². The molecule has 0 amide bonds. The summed E-state index contributed by atoms with van der Waals surface area (Å²) in [6.45, 7) is 5.70. The Morgan fingerprint density at radius 2 is 2.00 bits per heavy atom. The van der Waals surface area contributed by atoms with Crippen molar-refractivity contribution in [3.8, 4) is 0 Å². The van der Waals surface area contributed by atoms with Gasteiger partial charge in [0.1, 0.15) is 11.2 Å². The van der Waals surface area contributed by atoms with Gasteiger partial charge in [-0.15, -0.1) is 0 Å². The maximum atomic E-state index is 11.4. The lowest BCUT2D eigenvalue weighted by Crippen LogP contribution is -2.21. The van der Waals surface area contributed by atoms with Gasteiger partial charge in [0.25, 0.3) is 5.56 Å². The van der Waals surface area contributed by atoms with Gasteiger partial charge in [0, 0.05) is 13.2 Å². The van der Waals surface area contributed by atoms with Crippen LogP contribution in [0.25, 0.3) is 11.2 Å². The number of aryl methyl sites for hydroxylation is 2. The predicted molar refractivity (Wildman–Crippen MR) is 60.9 cm³/mol. The van der Waals surface area contributed by atoms with Crippen molar-refractivity contribution in [3.05, 3.63) is 34.4 Å². The molecule has 0 aliphatic heterocycles. The van der Waals surface area contributed by atoms with Crippen LogP contribution < -0.4 is 5.56 Å². The van der Waals surface area contributed by atoms with E-state index in [4.69, 9.17) is 0 Å². The van der Waals surface area contributed by atoms with Gasteiger partial charge in [0.15, 0.2) is 5.65 Å². The van der Waals surface area contributed by atoms with Gasteiger partial charge in [0.05, 0.1) is 0 Å². The van der Waals surface area contributed by atoms with Crippen LogP contribution in [0.4, 0.5) is 0 Å². The Hall–Kier alpha value is -1.71. The molecule has 2 aromatic heterocycles. The highest BCUT2D eigenvalue weighted by Crippen LogP contribution is 2.03. The molecule has 0 radical (unpaired) electrons. The van der Waals surface area contributed by atoms with E-state index in [0.29, 0.717) is 11.3 Å². The van der Waals surface area contributed by atoms with Crippen molar-refractivity contribution in [2.24, 2.45) is 7.05 Å². The number of nitrogens with zero attached hydrogens (tertiary/aromatic N) is 3. The monoisotopic (exact) mass is 205 g/mol. The predicted octanol–water partition coefficient (Wildman–Crippen LogP) is 1.66. The van der Waals surface area contributed by atoms with E-state index in [2.05, 4.69) is 9.97 Å². The maximum absolute atomic E-state index is 11.4. The highest BCUT2D eigenvalue weighted by Gasteiger charge is 2.03. The van der Waals surface area contributed by atoms with Crippen LogP contribution in [0.2, 0.25) is 0 Å². The summed E-state index contributed by atoms with van der Waals surface area (Å²) in [6, 6.07) is 3.65. The second-order valence-corrected chi connectivity index (χ2v) is 2.91. The first-order valence-corrected chi connectivity index (χ1v) is 4.98. The second kappa shape index (κ2) is 4.68. The van der Waals surface area contributed by atoms with E-state index in [9.17, 15) is 4.79 Å². The number of rotatable bonds is 0. The molecule has 0 aliphatic rings. The van der Waals surface area contributed by atoms with E-state index < -0.39 is 0 Å². The summed E-state index contributed by atoms with van der Waals surface area (Å²) in [5.74, 6) is 0. The lowest BCUT2D eigenvalue weighted by Gasteiger charge is -2.02. The lowest BCUT2D eigenvalue weighted by molar-refractivity contribution is 0.855. The van der Waals surface area contributed by atoms with E-state index in [-0.39, 0.29) is 5.56 Å². The Morgan fingerprint density at radius 3 is 2.67 bits per heavy atom. The van der Waals surface area contributed by atoms with Crippen LogP contribution in [0.3, 0.4) is 0 Å². The average molecular weight is 205 g/mol. The summed E-state index contributed by atoms with van der Waals surface area (Å²) >= 11 is 0. The van der Waals surface area contributed by atoms with Crippen molar-refractivity contribution >= 4 is 11.2 Å². The smallest absolute Gasteiger partial charge is 0.273 e. The fourth-order valence-corrected chi connectivity index (χ4v) is 1.30. The molecular weight excluding hydrogens is 190 g/mol. The molecule has 80 valence electrons. The fraction of sp³-hybridized carbons (Fsp3) is 0.364. The minimum Gasteiger partial charge on any atom is -0.293 e. The molecule has 2 heterocycles. The quantitative estimate of drug-likeness (QED) is 0.657. The van der Waals surface area contributed by atoms with Crippen LogP contribution in [0, 0.1) is 6.92 Å². The van der Waals surface area contributed by atoms with E-state index in [1.807, 2.05) is 19.9 Å². The summed E-state index contributed by atoms with van der Waals surface area (Å²) in [4.78, 5) is 19.7. The van der Waals surface area contributed by atoms with Crippen molar-refractivity contribution in [3.63, 3.8) is 0 Å². The molecule has 2 aromatic rings. The number of aromatic nitrogens is 3. The second-order valence-electron chi connectivity index (χ2n) is 2.91. The van der Waals surface area contributed by atoms with Crippen LogP contribution in [-0.2, 0) is 7.05 Å². The molecule has 0 saturated heterocycles. The van der Waals surface area contributed by atoms with Gasteiger partial charge < -0.3 is 0 Å². The topological polar surface area (TPSA) is 47.8 Å². The first kappa shape index (κ1) is 11.4. The average Bonchev–Trinajstić information content (AvgIpc) is 2.29. The largest absolute Gasteiger partial charge is 0.293 e. The van der Waals surface area contributed by atoms with Crippen LogP contribution in [0.5, 0.6) is 0 Å². The van der Waals surface area contributed by atoms with Gasteiger partial charge in [-0.2, -0.15) is 0 Å². The Labute approximate surface area is 88.6 Å². The summed E-state index contributed by atoms with van der Waals surface area (Å²) in [7, 11) is 1.70. The molecule has 0 atom stereocenters. The van der Waals surface area contributed by atoms with Crippen LogP contribution >= 0.6 is 0 Å². The van der Waals surface area contributed by atoms with Gasteiger partial charge in [-0.3, -0.25) is 9.36 Å². The van der Waals surface area contributed by atoms with Crippen LogP contribution in [0.1, 0.15) is 19.5 Å². The van der Waals surface area contributed by atoms with Gasteiger partial charge in [-0.1, -0.05) is 13.8 Å². The highest BCUT2D eigenvalue weighted by molar-refractivity contribution is 5.69. The zero-order valence-corrected chi connectivity index (χ0v) is 9.48. The Morgan fingerprint density at radius 1 is 1.33 bits per heavy atom. The van der Waals surface area contributed by atoms with Gasteiger partial charge in [-0.05, 0) is 19.1 Å². The van der Waals surface area contributed by atoms with Crippen LogP contribution in [-0.4, -0.2) is 14.5 Å². The van der Waals surface area contributed by atoms with Crippen molar-refractivity contribution in [2.75, 3.05) is 0 Å². The third-order valence-electron chi connectivity index (χ3n) is 1.99. The normalized spacial score (nSPS) is 9.60. The van der Waals surface area contributed by atoms with Crippen molar-refractivity contribution in [1.29, 1.82) is 0 Å². The first-order chi connectivity index (χ1) is 7.20. The summed E-state index contributed by atoms with van der Waals surface area (Å²) in [6.07, 6.45) is 1.65. The zero-order chi connectivity index (χ0) is 11.4. The Bertz CT molecular complexity index is 517. The molecule has 0 fully saturated rings. The van der Waals surface area contributed by atoms with Crippen molar-refractivity contribution in [2.45, 2.75) is 20.8 Å². The molecule has 0 saturated carbocycles. The molecule has 0 unspecified atom stereocenters. The zero-order valence-electron chi connectivity index (χ0n) is 9.48. The van der Waals surface area contributed by atoms with E-state index in [0.717, 1.165) is 5.52 Å². The van der Waals surface area contributed by atoms with E-state index in [1.54, 1.807) is 26.2 Å². The third kappa shape index (κ3) is 2.03. The number of pyridine rings is 1. The minimum absolute atomic E-state index is 0.0915. The molecule has 0 aliphatic carbocycles. The highest BCUT2D eigenvalue weighted by atomic mass is 16.1. The molecule has 2 rings (SSSR count). The molecular formula is C11H15N3O. The van der Waals surface area contributed by atoms with Crippen molar-refractivity contribution < 1.29 is 0 Å². The molecule has 4 nitrogen and oxygen atoms in total. The number of hydrogen-bond donors (Lipinski definition) is 0. The summed E-state index contributed by atoms with van der Waals surface area (Å²) < 4.78 is 1.51. The fourth-order valence-electron chi connectivity index (χ4n) is 1.30. The SMILES string of the molecule is CC.Cc1nc2cccnc2n(C)c1=O. The molecule has 4 heteroatoms. The maximum Gasteiger partial charge on any atom is 0.273 e. The minimum atomic E-state index is -0.0915. The third-order valence-corrected chi connectivity index (χ3v) is 1.99. The Balaban J connectivity index is 0.000000531. The van der Waals surface area contributed by atoms with Gasteiger partial charge in [-0.25, -0.2) is 9.97 Å². The van der Waals surface area contributed by atoms with Crippen LogP contribution in [0.15, 0.2) is 23.1 Å². The van der Waals surface area contributed by atoms with E-state index in [1.165, 1.54) is 4.57 Å². The molecule has 0 aromatic carbocycles. The first-order valence-electron chi connectivity index (χ1n) is 4.98. The lowest BCUT2D eigenvalue weighted by atomic mass is 10.4. The number of fused-ring (bicyclic) bond motifs is 1. The van der Waals surface area contributed by atoms with Gasteiger partial charge in [0.2, 0.25) is 0 Å². The number of hydrogen-bond acceptors (Lipinski definition) is 3. The van der Waals surface area contributed by atoms with Gasteiger partial charge >= 0.3 is 0 Å². The summed E-state index contributed by atoms with van der Waals surface area (Å²) in [5.41, 5.74) is 1.79. The molecule has 0 bridgehead atoms. The molecule has 0 N–H and O–H groups in total. The molecule has 15 heavy (non-hydrogen) atoms. The summed E-state index contributed by atoms with van der Waals surface area (Å²) in [5, 5.41) is 0.